The van der Waals surface area contributed by atoms with Gasteiger partial charge in [-0.15, -0.1) is 0 Å². The average Bonchev–Trinajstić information content (AvgIpc) is 2.73. The number of hydrogen-bond acceptors (Lipinski definition) is 7. The highest BCUT2D eigenvalue weighted by molar-refractivity contribution is 7.91. The van der Waals surface area contributed by atoms with Gasteiger partial charge in [-0.1, -0.05) is 11.3 Å². The number of rotatable bonds is 4. The zero-order valence-corrected chi connectivity index (χ0v) is 12.8. The fourth-order valence-corrected chi connectivity index (χ4v) is 4.35. The SMILES string of the molecule is CCNc1nc(N)c(C(=O)NC2CCS(=O)(=O)CC2)s1. The van der Waals surface area contributed by atoms with Crippen molar-refractivity contribution in [2.24, 2.45) is 0 Å². The molecule has 0 radical (unpaired) electrons. The minimum atomic E-state index is -2.92. The second kappa shape index (κ2) is 5.96. The lowest BCUT2D eigenvalue weighted by Crippen LogP contribution is -2.40. The maximum absolute atomic E-state index is 12.1. The van der Waals surface area contributed by atoms with Crippen LogP contribution in [0, 0.1) is 0 Å². The van der Waals surface area contributed by atoms with Gasteiger partial charge in [0.2, 0.25) is 0 Å². The molecule has 7 nitrogen and oxygen atoms in total. The molecule has 1 fully saturated rings. The van der Waals surface area contributed by atoms with Crippen LogP contribution in [-0.4, -0.2) is 43.4 Å². The number of amides is 1. The summed E-state index contributed by atoms with van der Waals surface area (Å²) in [4.78, 5) is 16.6. The van der Waals surface area contributed by atoms with Gasteiger partial charge in [0.1, 0.15) is 20.5 Å². The van der Waals surface area contributed by atoms with E-state index in [0.717, 1.165) is 0 Å². The maximum atomic E-state index is 12.1. The van der Waals surface area contributed by atoms with E-state index in [4.69, 9.17) is 5.73 Å². The van der Waals surface area contributed by atoms with Crippen molar-refractivity contribution in [2.75, 3.05) is 29.1 Å². The Balaban J connectivity index is 1.98. The van der Waals surface area contributed by atoms with Gasteiger partial charge in [0.05, 0.1) is 11.5 Å². The molecule has 1 saturated heterocycles. The molecule has 0 atom stereocenters. The zero-order chi connectivity index (χ0) is 14.8. The molecule has 1 aliphatic rings. The maximum Gasteiger partial charge on any atom is 0.265 e. The second-order valence-electron chi connectivity index (χ2n) is 4.66. The molecule has 0 spiro atoms. The standard InChI is InChI=1S/C11H18N4O3S2/c1-2-13-11-15-9(12)8(19-11)10(16)14-7-3-5-20(17,18)6-4-7/h7H,2-6,12H2,1H3,(H,13,15)(H,14,16). The summed E-state index contributed by atoms with van der Waals surface area (Å²) in [6.07, 6.45) is 0.902. The van der Waals surface area contributed by atoms with Crippen LogP contribution in [-0.2, 0) is 9.84 Å². The average molecular weight is 318 g/mol. The molecular weight excluding hydrogens is 300 g/mol. The Morgan fingerprint density at radius 1 is 1.45 bits per heavy atom. The molecule has 0 bridgehead atoms. The van der Waals surface area contributed by atoms with Crippen molar-refractivity contribution in [3.8, 4) is 0 Å². The number of carbonyl (C=O) groups is 1. The van der Waals surface area contributed by atoms with E-state index in [-0.39, 0.29) is 29.3 Å². The highest BCUT2D eigenvalue weighted by Gasteiger charge is 2.26. The van der Waals surface area contributed by atoms with Crippen molar-refractivity contribution < 1.29 is 13.2 Å². The van der Waals surface area contributed by atoms with Crippen LogP contribution in [0.25, 0.3) is 0 Å². The summed E-state index contributed by atoms with van der Waals surface area (Å²) in [5.74, 6) is 0.165. The minimum absolute atomic E-state index is 0.116. The first-order valence-electron chi connectivity index (χ1n) is 6.42. The van der Waals surface area contributed by atoms with Gasteiger partial charge in [0.25, 0.3) is 5.91 Å². The summed E-state index contributed by atoms with van der Waals surface area (Å²) < 4.78 is 22.7. The smallest absolute Gasteiger partial charge is 0.265 e. The quantitative estimate of drug-likeness (QED) is 0.743. The highest BCUT2D eigenvalue weighted by atomic mass is 32.2. The number of nitrogens with one attached hydrogen (secondary N) is 2. The van der Waals surface area contributed by atoms with Crippen LogP contribution < -0.4 is 16.4 Å². The van der Waals surface area contributed by atoms with Crippen LogP contribution in [0.2, 0.25) is 0 Å². The van der Waals surface area contributed by atoms with Crippen molar-refractivity contribution in [3.05, 3.63) is 4.88 Å². The van der Waals surface area contributed by atoms with Gasteiger partial charge >= 0.3 is 0 Å². The second-order valence-corrected chi connectivity index (χ2v) is 7.97. The first-order valence-corrected chi connectivity index (χ1v) is 9.06. The minimum Gasteiger partial charge on any atom is -0.382 e. The molecule has 1 aliphatic heterocycles. The van der Waals surface area contributed by atoms with E-state index in [1.54, 1.807) is 0 Å². The molecule has 1 amide bonds. The molecule has 2 rings (SSSR count). The largest absolute Gasteiger partial charge is 0.382 e. The lowest BCUT2D eigenvalue weighted by Gasteiger charge is -2.22. The summed E-state index contributed by atoms with van der Waals surface area (Å²) in [5.41, 5.74) is 5.72. The fraction of sp³-hybridized carbons (Fsp3) is 0.636. The van der Waals surface area contributed by atoms with Crippen LogP contribution in [0.5, 0.6) is 0 Å². The van der Waals surface area contributed by atoms with Crippen LogP contribution in [0.3, 0.4) is 0 Å². The summed E-state index contributed by atoms with van der Waals surface area (Å²) in [6, 6.07) is -0.116. The molecule has 112 valence electrons. The lowest BCUT2D eigenvalue weighted by atomic mass is 10.1. The number of thiazole rings is 1. The third-order valence-electron chi connectivity index (χ3n) is 3.08. The third kappa shape index (κ3) is 3.60. The van der Waals surface area contributed by atoms with Gasteiger partial charge in [0.15, 0.2) is 5.13 Å². The van der Waals surface area contributed by atoms with Crippen LogP contribution >= 0.6 is 11.3 Å². The summed E-state index contributed by atoms with van der Waals surface area (Å²) in [6.45, 7) is 2.63. The number of sulfone groups is 1. The van der Waals surface area contributed by atoms with Gasteiger partial charge < -0.3 is 16.4 Å². The summed E-state index contributed by atoms with van der Waals surface area (Å²) >= 11 is 1.20. The van der Waals surface area contributed by atoms with E-state index in [9.17, 15) is 13.2 Å². The van der Waals surface area contributed by atoms with Gasteiger partial charge in [-0.05, 0) is 19.8 Å². The van der Waals surface area contributed by atoms with Crippen molar-refractivity contribution in [1.29, 1.82) is 0 Å². The first kappa shape index (κ1) is 15.0. The van der Waals surface area contributed by atoms with Crippen molar-refractivity contribution in [3.63, 3.8) is 0 Å². The number of carbonyl (C=O) groups excluding carboxylic acids is 1. The van der Waals surface area contributed by atoms with Crippen molar-refractivity contribution in [2.45, 2.75) is 25.8 Å². The predicted molar refractivity (Wildman–Crippen MR) is 79.8 cm³/mol. The zero-order valence-electron chi connectivity index (χ0n) is 11.2. The van der Waals surface area contributed by atoms with E-state index in [1.807, 2.05) is 6.92 Å². The number of nitrogens with zero attached hydrogens (tertiary/aromatic N) is 1. The van der Waals surface area contributed by atoms with Gasteiger partial charge in [-0.25, -0.2) is 13.4 Å². The Kier molecular flexibility index (Phi) is 4.48. The Labute approximate surface area is 121 Å². The number of anilines is 2. The van der Waals surface area contributed by atoms with E-state index >= 15 is 0 Å². The lowest BCUT2D eigenvalue weighted by molar-refractivity contribution is 0.0939. The van der Waals surface area contributed by atoms with E-state index in [1.165, 1.54) is 11.3 Å². The van der Waals surface area contributed by atoms with Gasteiger partial charge in [0, 0.05) is 12.6 Å². The molecule has 2 heterocycles. The molecular formula is C11H18N4O3S2. The van der Waals surface area contributed by atoms with E-state index < -0.39 is 9.84 Å². The van der Waals surface area contributed by atoms with Crippen LogP contribution in [0.1, 0.15) is 29.4 Å². The summed E-state index contributed by atoms with van der Waals surface area (Å²) in [7, 11) is -2.92. The monoisotopic (exact) mass is 318 g/mol. The summed E-state index contributed by atoms with van der Waals surface area (Å²) in [5, 5.41) is 6.45. The molecule has 20 heavy (non-hydrogen) atoms. The Morgan fingerprint density at radius 2 is 2.10 bits per heavy atom. The molecule has 4 N–H and O–H groups in total. The molecule has 1 aromatic heterocycles. The number of nitrogens with two attached hydrogens (primary N) is 1. The van der Waals surface area contributed by atoms with Crippen molar-refractivity contribution in [1.82, 2.24) is 10.3 Å². The van der Waals surface area contributed by atoms with E-state index in [2.05, 4.69) is 15.6 Å². The molecule has 0 aliphatic carbocycles. The third-order valence-corrected chi connectivity index (χ3v) is 5.82. The highest BCUT2D eigenvalue weighted by Crippen LogP contribution is 2.25. The molecule has 1 aromatic rings. The first-order chi connectivity index (χ1) is 9.41. The Morgan fingerprint density at radius 3 is 2.70 bits per heavy atom. The van der Waals surface area contributed by atoms with Crippen LogP contribution in [0.15, 0.2) is 0 Å². The number of aromatic nitrogens is 1. The molecule has 0 aromatic carbocycles. The number of hydrogen-bond donors (Lipinski definition) is 3. The van der Waals surface area contributed by atoms with Gasteiger partial charge in [-0.3, -0.25) is 4.79 Å². The molecule has 0 unspecified atom stereocenters. The Bertz CT molecular complexity index is 583. The van der Waals surface area contributed by atoms with Crippen LogP contribution in [0.4, 0.5) is 10.9 Å². The predicted octanol–water partition coefficient (Wildman–Crippen LogP) is 0.464. The van der Waals surface area contributed by atoms with E-state index in [0.29, 0.717) is 29.4 Å². The normalized spacial score (nSPS) is 18.6. The van der Waals surface area contributed by atoms with Crippen molar-refractivity contribution >= 4 is 38.0 Å². The topological polar surface area (TPSA) is 114 Å². The van der Waals surface area contributed by atoms with Gasteiger partial charge in [-0.2, -0.15) is 0 Å². The molecule has 9 heteroatoms. The molecule has 0 saturated carbocycles. The number of nitrogen functional groups attached to an aromatic ring is 1. The Hall–Kier alpha value is -1.35. The fourth-order valence-electron chi connectivity index (χ4n) is 2.01.